The molecule has 0 aliphatic rings. The maximum absolute atomic E-state index is 5.44. The largest absolute Gasteiger partial charge is 0.443 e. The molecule has 64 valence electrons. The van der Waals surface area contributed by atoms with E-state index in [4.69, 9.17) is 4.74 Å². The standard InChI is InChI=1S/C10H13NO/c1-8-6-4-5-7-10(8)12-9(2)11-3/h4-7H,1-3H3/b11-9+. The molecule has 0 aliphatic heterocycles. The number of rotatable bonds is 1. The van der Waals surface area contributed by atoms with E-state index >= 15 is 0 Å². The van der Waals surface area contributed by atoms with Crippen LogP contribution in [-0.4, -0.2) is 12.9 Å². The summed E-state index contributed by atoms with van der Waals surface area (Å²) in [6, 6.07) is 7.88. The third kappa shape index (κ3) is 2.09. The highest BCUT2D eigenvalue weighted by atomic mass is 16.5. The fourth-order valence-electron chi connectivity index (χ4n) is 0.876. The highest BCUT2D eigenvalue weighted by molar-refractivity contribution is 5.75. The molecule has 1 aromatic rings. The fourth-order valence-corrected chi connectivity index (χ4v) is 0.876. The van der Waals surface area contributed by atoms with Crippen molar-refractivity contribution in [2.24, 2.45) is 4.99 Å². The Bertz CT molecular complexity index is 292. The van der Waals surface area contributed by atoms with Crippen LogP contribution in [0.3, 0.4) is 0 Å². The molecule has 0 saturated heterocycles. The highest BCUT2D eigenvalue weighted by Gasteiger charge is 1.97. The van der Waals surface area contributed by atoms with E-state index in [0.717, 1.165) is 11.3 Å². The number of benzene rings is 1. The van der Waals surface area contributed by atoms with Gasteiger partial charge in [0.05, 0.1) is 0 Å². The normalized spacial score (nSPS) is 11.4. The minimum absolute atomic E-state index is 0.685. The zero-order valence-electron chi connectivity index (χ0n) is 7.66. The maximum atomic E-state index is 5.44. The predicted molar refractivity (Wildman–Crippen MR) is 50.8 cm³/mol. The molecule has 0 spiro atoms. The number of aliphatic imine (C=N–C) groups is 1. The average molecular weight is 163 g/mol. The predicted octanol–water partition coefficient (Wildman–Crippen LogP) is 2.42. The Kier molecular flexibility index (Phi) is 2.86. The molecule has 0 saturated carbocycles. The van der Waals surface area contributed by atoms with Crippen LogP contribution in [0.25, 0.3) is 0 Å². The summed E-state index contributed by atoms with van der Waals surface area (Å²) < 4.78 is 5.44. The molecule has 0 radical (unpaired) electrons. The lowest BCUT2D eigenvalue weighted by molar-refractivity contribution is 0.541. The van der Waals surface area contributed by atoms with Gasteiger partial charge in [0.2, 0.25) is 0 Å². The van der Waals surface area contributed by atoms with Crippen LogP contribution < -0.4 is 4.74 Å². The van der Waals surface area contributed by atoms with Crippen molar-refractivity contribution in [1.82, 2.24) is 0 Å². The van der Waals surface area contributed by atoms with E-state index in [1.165, 1.54) is 0 Å². The second kappa shape index (κ2) is 3.90. The zero-order valence-corrected chi connectivity index (χ0v) is 7.66. The van der Waals surface area contributed by atoms with Gasteiger partial charge in [-0.05, 0) is 18.6 Å². The average Bonchev–Trinajstić information content (AvgIpc) is 2.09. The van der Waals surface area contributed by atoms with Crippen LogP contribution >= 0.6 is 0 Å². The number of aryl methyl sites for hydroxylation is 1. The Labute approximate surface area is 72.9 Å². The first kappa shape index (κ1) is 8.78. The first-order valence-electron chi connectivity index (χ1n) is 3.91. The van der Waals surface area contributed by atoms with E-state index in [1.807, 2.05) is 38.1 Å². The third-order valence-electron chi connectivity index (χ3n) is 1.67. The van der Waals surface area contributed by atoms with Crippen molar-refractivity contribution in [2.45, 2.75) is 13.8 Å². The number of para-hydroxylation sites is 1. The van der Waals surface area contributed by atoms with Gasteiger partial charge in [-0.25, -0.2) is 0 Å². The smallest absolute Gasteiger partial charge is 0.186 e. The van der Waals surface area contributed by atoms with Gasteiger partial charge in [0, 0.05) is 14.0 Å². The molecule has 1 aromatic carbocycles. The molecule has 0 unspecified atom stereocenters. The van der Waals surface area contributed by atoms with Crippen LogP contribution in [0.5, 0.6) is 5.75 Å². The quantitative estimate of drug-likeness (QED) is 0.460. The van der Waals surface area contributed by atoms with Crippen LogP contribution in [0.15, 0.2) is 29.3 Å². The summed E-state index contributed by atoms with van der Waals surface area (Å²) in [5, 5.41) is 0. The van der Waals surface area contributed by atoms with Crippen molar-refractivity contribution in [3.8, 4) is 5.75 Å². The summed E-state index contributed by atoms with van der Waals surface area (Å²) in [7, 11) is 1.72. The zero-order chi connectivity index (χ0) is 8.97. The van der Waals surface area contributed by atoms with Gasteiger partial charge in [0.25, 0.3) is 0 Å². The van der Waals surface area contributed by atoms with Crippen molar-refractivity contribution in [3.05, 3.63) is 29.8 Å². The lowest BCUT2D eigenvalue weighted by Crippen LogP contribution is -2.03. The van der Waals surface area contributed by atoms with Crippen LogP contribution in [0.1, 0.15) is 12.5 Å². The van der Waals surface area contributed by atoms with Gasteiger partial charge in [-0.15, -0.1) is 0 Å². The number of hydrogen-bond acceptors (Lipinski definition) is 2. The van der Waals surface area contributed by atoms with Crippen LogP contribution in [0.2, 0.25) is 0 Å². The number of nitrogens with zero attached hydrogens (tertiary/aromatic N) is 1. The highest BCUT2D eigenvalue weighted by Crippen LogP contribution is 2.16. The summed E-state index contributed by atoms with van der Waals surface area (Å²) in [4.78, 5) is 3.92. The van der Waals surface area contributed by atoms with Gasteiger partial charge < -0.3 is 4.74 Å². The van der Waals surface area contributed by atoms with Gasteiger partial charge in [0.1, 0.15) is 5.75 Å². The fraction of sp³-hybridized carbons (Fsp3) is 0.300. The van der Waals surface area contributed by atoms with E-state index in [-0.39, 0.29) is 0 Å². The van der Waals surface area contributed by atoms with E-state index in [0.29, 0.717) is 5.90 Å². The lowest BCUT2D eigenvalue weighted by Gasteiger charge is -2.06. The van der Waals surface area contributed by atoms with Crippen molar-refractivity contribution in [2.75, 3.05) is 7.05 Å². The molecule has 0 aliphatic carbocycles. The molecular formula is C10H13NO. The Balaban J connectivity index is 2.82. The van der Waals surface area contributed by atoms with Crippen molar-refractivity contribution >= 4 is 5.90 Å². The van der Waals surface area contributed by atoms with Gasteiger partial charge in [0.15, 0.2) is 5.90 Å². The molecular weight excluding hydrogens is 150 g/mol. The molecule has 0 N–H and O–H groups in total. The van der Waals surface area contributed by atoms with E-state index in [9.17, 15) is 0 Å². The maximum Gasteiger partial charge on any atom is 0.186 e. The summed E-state index contributed by atoms with van der Waals surface area (Å²) in [5.74, 6) is 1.56. The van der Waals surface area contributed by atoms with Gasteiger partial charge in [-0.2, -0.15) is 0 Å². The first-order chi connectivity index (χ1) is 5.74. The monoisotopic (exact) mass is 163 g/mol. The van der Waals surface area contributed by atoms with Crippen molar-refractivity contribution < 1.29 is 4.74 Å². The lowest BCUT2D eigenvalue weighted by atomic mass is 10.2. The van der Waals surface area contributed by atoms with Crippen molar-refractivity contribution in [1.29, 1.82) is 0 Å². The SMILES string of the molecule is C/N=C(\C)Oc1ccccc1C. The molecule has 0 aromatic heterocycles. The molecule has 0 heterocycles. The molecule has 1 rings (SSSR count). The third-order valence-corrected chi connectivity index (χ3v) is 1.67. The Morgan fingerprint density at radius 2 is 2.00 bits per heavy atom. The summed E-state index contributed by atoms with van der Waals surface area (Å²) in [6.45, 7) is 3.85. The minimum Gasteiger partial charge on any atom is -0.443 e. The number of hydrogen-bond donors (Lipinski definition) is 0. The Morgan fingerprint density at radius 1 is 1.33 bits per heavy atom. The summed E-state index contributed by atoms with van der Waals surface area (Å²) >= 11 is 0. The van der Waals surface area contributed by atoms with E-state index < -0.39 is 0 Å². The molecule has 2 nitrogen and oxygen atoms in total. The molecule has 0 atom stereocenters. The molecule has 0 amide bonds. The van der Waals surface area contributed by atoms with Crippen LogP contribution in [-0.2, 0) is 0 Å². The van der Waals surface area contributed by atoms with E-state index in [1.54, 1.807) is 7.05 Å². The van der Waals surface area contributed by atoms with Gasteiger partial charge in [-0.3, -0.25) is 4.99 Å². The second-order valence-corrected chi connectivity index (χ2v) is 2.61. The molecule has 12 heavy (non-hydrogen) atoms. The van der Waals surface area contributed by atoms with Gasteiger partial charge >= 0.3 is 0 Å². The Hall–Kier alpha value is -1.31. The van der Waals surface area contributed by atoms with Crippen LogP contribution in [0.4, 0.5) is 0 Å². The first-order valence-corrected chi connectivity index (χ1v) is 3.91. The second-order valence-electron chi connectivity index (χ2n) is 2.61. The van der Waals surface area contributed by atoms with Crippen molar-refractivity contribution in [3.63, 3.8) is 0 Å². The summed E-state index contributed by atoms with van der Waals surface area (Å²) in [5.41, 5.74) is 1.13. The summed E-state index contributed by atoms with van der Waals surface area (Å²) in [6.07, 6.45) is 0. The molecule has 0 bridgehead atoms. The number of ether oxygens (including phenoxy) is 1. The Morgan fingerprint density at radius 3 is 2.58 bits per heavy atom. The van der Waals surface area contributed by atoms with Crippen LogP contribution in [0, 0.1) is 6.92 Å². The van der Waals surface area contributed by atoms with Gasteiger partial charge in [-0.1, -0.05) is 18.2 Å². The molecule has 2 heteroatoms. The topological polar surface area (TPSA) is 21.6 Å². The minimum atomic E-state index is 0.685. The molecule has 0 fully saturated rings. The van der Waals surface area contributed by atoms with E-state index in [2.05, 4.69) is 4.99 Å².